The maximum Gasteiger partial charge on any atom is 0.0918 e. The van der Waals surface area contributed by atoms with Crippen LogP contribution in [0.25, 0.3) is 5.57 Å². The molecule has 4 heteroatoms. The minimum absolute atomic E-state index is 0.457. The zero-order valence-electron chi connectivity index (χ0n) is 12.9. The normalized spacial score (nSPS) is 20.3. The molecule has 0 unspecified atom stereocenters. The van der Waals surface area contributed by atoms with Crippen molar-refractivity contribution >= 4 is 5.57 Å². The molecular formula is C18H20N2O2. The third kappa shape index (κ3) is 2.16. The molecule has 1 heterocycles. The number of hydrogen-bond acceptors (Lipinski definition) is 4. The highest BCUT2D eigenvalue weighted by atomic mass is 16.5. The van der Waals surface area contributed by atoms with Crippen molar-refractivity contribution in [3.05, 3.63) is 71.1 Å². The first-order valence-corrected chi connectivity index (χ1v) is 7.23. The first-order valence-electron chi connectivity index (χ1n) is 7.23. The van der Waals surface area contributed by atoms with Gasteiger partial charge in [-0.25, -0.2) is 0 Å². The molecule has 22 heavy (non-hydrogen) atoms. The predicted octanol–water partition coefficient (Wildman–Crippen LogP) is 2.34. The molecule has 1 atom stereocenters. The number of nitrogens with zero attached hydrogens (tertiary/aromatic N) is 1. The van der Waals surface area contributed by atoms with Crippen LogP contribution in [0.5, 0.6) is 0 Å². The van der Waals surface area contributed by atoms with Crippen molar-refractivity contribution in [2.75, 3.05) is 27.4 Å². The van der Waals surface area contributed by atoms with Crippen LogP contribution in [0.15, 0.2) is 54.4 Å². The molecule has 1 aromatic carbocycles. The topological polar surface area (TPSA) is 57.4 Å². The molecule has 0 saturated heterocycles. The van der Waals surface area contributed by atoms with Crippen LogP contribution >= 0.6 is 0 Å². The fourth-order valence-corrected chi connectivity index (χ4v) is 3.23. The van der Waals surface area contributed by atoms with E-state index in [0.717, 1.165) is 27.8 Å². The lowest BCUT2D eigenvalue weighted by molar-refractivity contribution is 0.212. The van der Waals surface area contributed by atoms with Crippen LogP contribution in [0.4, 0.5) is 0 Å². The molecule has 0 bridgehead atoms. The van der Waals surface area contributed by atoms with E-state index in [9.17, 15) is 0 Å². The Balaban J connectivity index is 2.26. The Morgan fingerprint density at radius 3 is 2.45 bits per heavy atom. The zero-order chi connectivity index (χ0) is 15.6. The molecule has 0 radical (unpaired) electrons. The average molecular weight is 296 g/mol. The van der Waals surface area contributed by atoms with E-state index in [4.69, 9.17) is 15.2 Å². The molecule has 0 saturated carbocycles. The van der Waals surface area contributed by atoms with E-state index in [0.29, 0.717) is 13.2 Å². The second-order valence-electron chi connectivity index (χ2n) is 5.42. The quantitative estimate of drug-likeness (QED) is 0.920. The summed E-state index contributed by atoms with van der Waals surface area (Å²) in [7, 11) is 3.37. The Hall–Kier alpha value is -2.01. The number of hydrogen-bond donors (Lipinski definition) is 1. The third-order valence-corrected chi connectivity index (χ3v) is 4.22. The van der Waals surface area contributed by atoms with Gasteiger partial charge in [-0.2, -0.15) is 0 Å². The van der Waals surface area contributed by atoms with Gasteiger partial charge in [-0.1, -0.05) is 30.3 Å². The van der Waals surface area contributed by atoms with Crippen molar-refractivity contribution in [3.8, 4) is 0 Å². The molecule has 2 N–H and O–H groups in total. The standard InChI is InChI=1S/C18H20N2O2/c1-21-11-15-14-10-20-9-8-16(14)18(19,17(15)12-22-2)13-6-4-3-5-7-13/h3-10H,11-12,19H2,1-2H3/t18-/m0/s1. The minimum atomic E-state index is -0.705. The summed E-state index contributed by atoms with van der Waals surface area (Å²) in [6.07, 6.45) is 3.64. The smallest absolute Gasteiger partial charge is 0.0918 e. The highest BCUT2D eigenvalue weighted by Crippen LogP contribution is 2.46. The summed E-state index contributed by atoms with van der Waals surface area (Å²) in [6.45, 7) is 0.946. The first kappa shape index (κ1) is 14.9. The Morgan fingerprint density at radius 1 is 1.05 bits per heavy atom. The number of benzene rings is 1. The fourth-order valence-electron chi connectivity index (χ4n) is 3.23. The van der Waals surface area contributed by atoms with E-state index in [1.807, 2.05) is 30.5 Å². The SMILES string of the molecule is COCC1=C(COC)[C@](N)(c2ccccc2)c2ccncc21. The summed E-state index contributed by atoms with van der Waals surface area (Å²) < 4.78 is 10.8. The molecule has 3 rings (SSSR count). The number of nitrogens with two attached hydrogens (primary N) is 1. The van der Waals surface area contributed by atoms with Gasteiger partial charge < -0.3 is 15.2 Å². The summed E-state index contributed by atoms with van der Waals surface area (Å²) in [4.78, 5) is 4.26. The van der Waals surface area contributed by atoms with Crippen LogP contribution in [0.3, 0.4) is 0 Å². The van der Waals surface area contributed by atoms with Crippen LogP contribution in [0.1, 0.15) is 16.7 Å². The van der Waals surface area contributed by atoms with Crippen molar-refractivity contribution in [2.45, 2.75) is 5.54 Å². The van der Waals surface area contributed by atoms with Crippen molar-refractivity contribution in [1.82, 2.24) is 4.98 Å². The molecule has 0 spiro atoms. The summed E-state index contributed by atoms with van der Waals surface area (Å²) in [6, 6.07) is 12.1. The van der Waals surface area contributed by atoms with Gasteiger partial charge in [0.05, 0.1) is 18.8 Å². The maximum absolute atomic E-state index is 6.92. The summed E-state index contributed by atoms with van der Waals surface area (Å²) >= 11 is 0. The van der Waals surface area contributed by atoms with Gasteiger partial charge in [0.25, 0.3) is 0 Å². The van der Waals surface area contributed by atoms with E-state index in [2.05, 4.69) is 17.1 Å². The van der Waals surface area contributed by atoms with Crippen molar-refractivity contribution in [1.29, 1.82) is 0 Å². The van der Waals surface area contributed by atoms with Gasteiger partial charge in [-0.05, 0) is 28.3 Å². The average Bonchev–Trinajstić information content (AvgIpc) is 2.81. The molecule has 0 fully saturated rings. The van der Waals surface area contributed by atoms with Gasteiger partial charge in [0.15, 0.2) is 0 Å². The van der Waals surface area contributed by atoms with Gasteiger partial charge in [-0.3, -0.25) is 4.98 Å². The highest BCUT2D eigenvalue weighted by Gasteiger charge is 2.43. The molecular weight excluding hydrogens is 276 g/mol. The number of fused-ring (bicyclic) bond motifs is 1. The largest absolute Gasteiger partial charge is 0.380 e. The predicted molar refractivity (Wildman–Crippen MR) is 86.3 cm³/mol. The molecule has 114 valence electrons. The molecule has 1 aliphatic rings. The minimum Gasteiger partial charge on any atom is -0.380 e. The van der Waals surface area contributed by atoms with Gasteiger partial charge in [0.2, 0.25) is 0 Å². The molecule has 0 amide bonds. The van der Waals surface area contributed by atoms with Crippen LogP contribution in [-0.4, -0.2) is 32.4 Å². The van der Waals surface area contributed by atoms with Gasteiger partial charge in [-0.15, -0.1) is 0 Å². The molecule has 4 nitrogen and oxygen atoms in total. The second-order valence-corrected chi connectivity index (χ2v) is 5.42. The summed E-state index contributed by atoms with van der Waals surface area (Å²) in [5, 5.41) is 0. The van der Waals surface area contributed by atoms with Gasteiger partial charge in [0.1, 0.15) is 0 Å². The van der Waals surface area contributed by atoms with E-state index in [1.54, 1.807) is 20.4 Å². The van der Waals surface area contributed by atoms with Crippen molar-refractivity contribution in [2.24, 2.45) is 5.73 Å². The molecule has 1 aromatic heterocycles. The molecule has 2 aromatic rings. The van der Waals surface area contributed by atoms with E-state index in [-0.39, 0.29) is 0 Å². The first-order chi connectivity index (χ1) is 10.7. The van der Waals surface area contributed by atoms with Gasteiger partial charge in [0, 0.05) is 32.2 Å². The maximum atomic E-state index is 6.92. The number of rotatable bonds is 5. The van der Waals surface area contributed by atoms with Crippen molar-refractivity contribution < 1.29 is 9.47 Å². The Kier molecular flexibility index (Phi) is 4.07. The Morgan fingerprint density at radius 2 is 1.77 bits per heavy atom. The summed E-state index contributed by atoms with van der Waals surface area (Å²) in [5.41, 5.74) is 11.5. The number of pyridine rings is 1. The van der Waals surface area contributed by atoms with Crippen LogP contribution in [0, 0.1) is 0 Å². The van der Waals surface area contributed by atoms with E-state index in [1.165, 1.54) is 0 Å². The van der Waals surface area contributed by atoms with Crippen LogP contribution in [-0.2, 0) is 15.0 Å². The van der Waals surface area contributed by atoms with E-state index >= 15 is 0 Å². The van der Waals surface area contributed by atoms with Crippen molar-refractivity contribution in [3.63, 3.8) is 0 Å². The lowest BCUT2D eigenvalue weighted by Crippen LogP contribution is -2.39. The number of aromatic nitrogens is 1. The zero-order valence-corrected chi connectivity index (χ0v) is 12.9. The summed E-state index contributed by atoms with van der Waals surface area (Å²) in [5.74, 6) is 0. The fraction of sp³-hybridized carbons (Fsp3) is 0.278. The lowest BCUT2D eigenvalue weighted by Gasteiger charge is -2.30. The molecule has 1 aliphatic carbocycles. The Labute approximate surface area is 130 Å². The highest BCUT2D eigenvalue weighted by molar-refractivity contribution is 5.82. The lowest BCUT2D eigenvalue weighted by atomic mass is 9.81. The third-order valence-electron chi connectivity index (χ3n) is 4.22. The monoisotopic (exact) mass is 296 g/mol. The number of methoxy groups -OCH3 is 2. The Bertz CT molecular complexity index is 697. The van der Waals surface area contributed by atoms with Crippen LogP contribution < -0.4 is 5.73 Å². The van der Waals surface area contributed by atoms with Gasteiger partial charge >= 0.3 is 0 Å². The second kappa shape index (κ2) is 6.01. The van der Waals surface area contributed by atoms with E-state index < -0.39 is 5.54 Å². The van der Waals surface area contributed by atoms with Crippen LogP contribution in [0.2, 0.25) is 0 Å². The molecule has 0 aliphatic heterocycles. The number of ether oxygens (including phenoxy) is 2.